The average Bonchev–Trinajstić information content (AvgIpc) is 2.50. The Morgan fingerprint density at radius 3 is 2.55 bits per heavy atom. The van der Waals surface area contributed by atoms with Crippen LogP contribution in [0.3, 0.4) is 0 Å². The smallest absolute Gasteiger partial charge is 0.243 e. The minimum atomic E-state index is -4.01. The van der Waals surface area contributed by atoms with Crippen molar-refractivity contribution in [3.05, 3.63) is 24.0 Å². The van der Waals surface area contributed by atoms with E-state index in [-0.39, 0.29) is 28.5 Å². The fourth-order valence-corrected chi connectivity index (χ4v) is 5.97. The summed E-state index contributed by atoms with van der Waals surface area (Å²) in [5.74, 6) is -0.971. The highest BCUT2D eigenvalue weighted by molar-refractivity contribution is 7.92. The fourth-order valence-electron chi connectivity index (χ4n) is 2.23. The summed E-state index contributed by atoms with van der Waals surface area (Å²) in [6.45, 7) is 1.52. The van der Waals surface area contributed by atoms with E-state index in [0.717, 1.165) is 18.2 Å². The highest BCUT2D eigenvalue weighted by Gasteiger charge is 2.41. The number of nitrogens with one attached hydrogen (secondary N) is 1. The van der Waals surface area contributed by atoms with Gasteiger partial charge in [-0.25, -0.2) is 25.9 Å². The highest BCUT2D eigenvalue weighted by Crippen LogP contribution is 2.27. The molecule has 0 amide bonds. The maximum Gasteiger partial charge on any atom is 0.243 e. The van der Waals surface area contributed by atoms with Crippen LogP contribution >= 0.6 is 0 Å². The average molecular weight is 322 g/mol. The van der Waals surface area contributed by atoms with Crippen LogP contribution in [0.1, 0.15) is 13.3 Å². The van der Waals surface area contributed by atoms with E-state index < -0.39 is 31.2 Å². The van der Waals surface area contributed by atoms with Crippen molar-refractivity contribution in [1.29, 1.82) is 0 Å². The molecule has 0 aromatic heterocycles. The lowest BCUT2D eigenvalue weighted by Crippen LogP contribution is -2.46. The van der Waals surface area contributed by atoms with Crippen molar-refractivity contribution in [3.63, 3.8) is 0 Å². The van der Waals surface area contributed by atoms with Gasteiger partial charge in [-0.15, -0.1) is 0 Å². The summed E-state index contributed by atoms with van der Waals surface area (Å²) in [7, 11) is -7.25. The number of benzene rings is 1. The topological polar surface area (TPSA) is 106 Å². The second-order valence-corrected chi connectivity index (χ2v) is 9.03. The van der Waals surface area contributed by atoms with Crippen molar-refractivity contribution in [3.8, 4) is 0 Å². The summed E-state index contributed by atoms with van der Waals surface area (Å²) < 4.78 is 62.7. The molecule has 0 radical (unpaired) electrons. The molecule has 3 N–H and O–H groups in total. The first-order valence-corrected chi connectivity index (χ1v) is 9.13. The molecule has 1 atom stereocenters. The molecule has 0 aliphatic carbocycles. The Bertz CT molecular complexity index is 746. The number of halogens is 1. The van der Waals surface area contributed by atoms with Crippen molar-refractivity contribution in [2.75, 3.05) is 17.2 Å². The Labute approximate surface area is 117 Å². The third-order valence-electron chi connectivity index (χ3n) is 3.15. The van der Waals surface area contributed by atoms with E-state index in [0.29, 0.717) is 0 Å². The van der Waals surface area contributed by atoms with Crippen molar-refractivity contribution in [2.24, 2.45) is 0 Å². The number of hydrogen-bond acceptors (Lipinski definition) is 5. The number of nitrogens with two attached hydrogens (primary N) is 1. The lowest BCUT2D eigenvalue weighted by Gasteiger charge is -2.24. The molecule has 0 bridgehead atoms. The van der Waals surface area contributed by atoms with Crippen molar-refractivity contribution < 1.29 is 21.2 Å². The number of sulfonamides is 1. The molecular formula is C11H15FN2O4S2. The Morgan fingerprint density at radius 1 is 1.40 bits per heavy atom. The van der Waals surface area contributed by atoms with Gasteiger partial charge in [0.15, 0.2) is 9.84 Å². The number of hydrogen-bond donors (Lipinski definition) is 2. The molecule has 1 saturated heterocycles. The van der Waals surface area contributed by atoms with Gasteiger partial charge in [-0.3, -0.25) is 0 Å². The first-order valence-electron chi connectivity index (χ1n) is 5.83. The SMILES string of the molecule is CC1(NS(=O)(=O)c2ccc(F)cc2N)CCS(=O)(=O)C1. The lowest BCUT2D eigenvalue weighted by molar-refractivity contribution is 0.462. The molecule has 1 aliphatic rings. The second-order valence-electron chi connectivity index (χ2n) is 5.19. The molecular weight excluding hydrogens is 307 g/mol. The number of rotatable bonds is 3. The third-order valence-corrected chi connectivity index (χ3v) is 6.76. The summed E-state index contributed by atoms with van der Waals surface area (Å²) in [6.07, 6.45) is 0.190. The van der Waals surface area contributed by atoms with Crippen molar-refractivity contribution >= 4 is 25.5 Å². The van der Waals surface area contributed by atoms with Gasteiger partial charge in [0.25, 0.3) is 0 Å². The van der Waals surface area contributed by atoms with E-state index in [9.17, 15) is 21.2 Å². The molecule has 2 rings (SSSR count). The van der Waals surface area contributed by atoms with Gasteiger partial charge < -0.3 is 5.73 Å². The van der Waals surface area contributed by atoms with Gasteiger partial charge in [0.1, 0.15) is 10.7 Å². The van der Waals surface area contributed by atoms with Gasteiger partial charge in [0, 0.05) is 5.54 Å². The normalized spacial score (nSPS) is 25.7. The van der Waals surface area contributed by atoms with E-state index in [1.807, 2.05) is 0 Å². The molecule has 20 heavy (non-hydrogen) atoms. The van der Waals surface area contributed by atoms with Crippen LogP contribution in [-0.2, 0) is 19.9 Å². The Morgan fingerprint density at radius 2 is 2.05 bits per heavy atom. The molecule has 1 aromatic rings. The van der Waals surface area contributed by atoms with Crippen LogP contribution < -0.4 is 10.5 Å². The molecule has 1 heterocycles. The molecule has 1 aromatic carbocycles. The van der Waals surface area contributed by atoms with E-state index in [1.165, 1.54) is 6.92 Å². The van der Waals surface area contributed by atoms with Gasteiger partial charge in [-0.1, -0.05) is 0 Å². The summed E-state index contributed by atoms with van der Waals surface area (Å²) in [4.78, 5) is -0.260. The largest absolute Gasteiger partial charge is 0.398 e. The van der Waals surface area contributed by atoms with Crippen LogP contribution in [-0.4, -0.2) is 33.9 Å². The Balaban J connectivity index is 2.33. The molecule has 0 saturated carbocycles. The van der Waals surface area contributed by atoms with Crippen LogP contribution in [0.25, 0.3) is 0 Å². The minimum Gasteiger partial charge on any atom is -0.398 e. The predicted molar refractivity (Wildman–Crippen MR) is 72.8 cm³/mol. The molecule has 0 spiro atoms. The molecule has 1 aliphatic heterocycles. The van der Waals surface area contributed by atoms with Gasteiger partial charge in [-0.05, 0) is 31.5 Å². The number of anilines is 1. The second kappa shape index (κ2) is 4.68. The van der Waals surface area contributed by atoms with Crippen molar-refractivity contribution in [1.82, 2.24) is 4.72 Å². The van der Waals surface area contributed by atoms with E-state index >= 15 is 0 Å². The third kappa shape index (κ3) is 3.10. The highest BCUT2D eigenvalue weighted by atomic mass is 32.2. The minimum absolute atomic E-state index is 0.0646. The van der Waals surface area contributed by atoms with E-state index in [4.69, 9.17) is 5.73 Å². The zero-order valence-electron chi connectivity index (χ0n) is 10.8. The molecule has 1 unspecified atom stereocenters. The molecule has 112 valence electrons. The summed E-state index contributed by atoms with van der Waals surface area (Å²) in [5, 5.41) is 0. The van der Waals surface area contributed by atoms with E-state index in [1.54, 1.807) is 0 Å². The van der Waals surface area contributed by atoms with Crippen LogP contribution in [0, 0.1) is 5.82 Å². The molecule has 9 heteroatoms. The van der Waals surface area contributed by atoms with Gasteiger partial charge in [-0.2, -0.15) is 0 Å². The maximum atomic E-state index is 12.9. The van der Waals surface area contributed by atoms with Crippen LogP contribution in [0.2, 0.25) is 0 Å². The van der Waals surface area contributed by atoms with Gasteiger partial charge >= 0.3 is 0 Å². The summed E-state index contributed by atoms with van der Waals surface area (Å²) in [6, 6.07) is 2.95. The molecule has 1 fully saturated rings. The monoisotopic (exact) mass is 322 g/mol. The summed E-state index contributed by atoms with van der Waals surface area (Å²) >= 11 is 0. The quantitative estimate of drug-likeness (QED) is 0.777. The molecule has 6 nitrogen and oxygen atoms in total. The lowest BCUT2D eigenvalue weighted by atomic mass is 10.0. The zero-order chi connectivity index (χ0) is 15.2. The first kappa shape index (κ1) is 15.2. The zero-order valence-corrected chi connectivity index (χ0v) is 12.4. The van der Waals surface area contributed by atoms with Crippen LogP contribution in [0.4, 0.5) is 10.1 Å². The van der Waals surface area contributed by atoms with Crippen molar-refractivity contribution in [2.45, 2.75) is 23.8 Å². The Kier molecular flexibility index (Phi) is 3.55. The number of sulfone groups is 1. The predicted octanol–water partition coefficient (Wildman–Crippen LogP) is 0.263. The van der Waals surface area contributed by atoms with Crippen LogP contribution in [0.15, 0.2) is 23.1 Å². The van der Waals surface area contributed by atoms with Crippen LogP contribution in [0.5, 0.6) is 0 Å². The standard InChI is InChI=1S/C11H15FN2O4S2/c1-11(4-5-19(15,16)7-11)14-20(17,18)10-3-2-8(12)6-9(10)13/h2-3,6,14H,4-5,7,13H2,1H3. The first-order chi connectivity index (χ1) is 9.03. The van der Waals surface area contributed by atoms with Gasteiger partial charge in [0.05, 0.1) is 17.2 Å². The van der Waals surface area contributed by atoms with E-state index in [2.05, 4.69) is 4.72 Å². The fraction of sp³-hybridized carbons (Fsp3) is 0.455. The van der Waals surface area contributed by atoms with Gasteiger partial charge in [0.2, 0.25) is 10.0 Å². The Hall–Kier alpha value is -1.19. The number of nitrogen functional groups attached to an aromatic ring is 1. The maximum absolute atomic E-state index is 12.9. The summed E-state index contributed by atoms with van der Waals surface area (Å²) in [5.41, 5.74) is 4.21.